The zero-order chi connectivity index (χ0) is 15.7. The topological polar surface area (TPSA) is 32.5 Å². The van der Waals surface area contributed by atoms with Crippen molar-refractivity contribution in [3.8, 4) is 0 Å². The van der Waals surface area contributed by atoms with E-state index in [1.807, 2.05) is 12.1 Å². The zero-order valence-electron chi connectivity index (χ0n) is 13.7. The fourth-order valence-corrected chi connectivity index (χ4v) is 3.18. The van der Waals surface area contributed by atoms with E-state index in [1.54, 1.807) is 0 Å². The summed E-state index contributed by atoms with van der Waals surface area (Å²) in [5.41, 5.74) is 7.63. The normalized spacial score (nSPS) is 23.0. The molecule has 2 rings (SSSR count). The van der Waals surface area contributed by atoms with E-state index in [1.165, 1.54) is 5.56 Å². The number of rotatable bonds is 4. The summed E-state index contributed by atoms with van der Waals surface area (Å²) in [5.74, 6) is 0. The lowest BCUT2D eigenvalue weighted by Gasteiger charge is -2.52. The van der Waals surface area contributed by atoms with Gasteiger partial charge in [0.15, 0.2) is 0 Å². The number of nitrogens with two attached hydrogens (primary N) is 1. The maximum atomic E-state index is 6.16. The van der Waals surface area contributed by atoms with Gasteiger partial charge in [-0.05, 0) is 51.9 Å². The number of piperazine rings is 1. The Hall–Kier alpha value is -0.610. The van der Waals surface area contributed by atoms with Crippen LogP contribution in [0.5, 0.6) is 0 Å². The number of hydrogen-bond acceptors (Lipinski definition) is 3. The predicted octanol–water partition coefficient (Wildman–Crippen LogP) is 2.63. The standard InChI is InChI=1S/C17H28ClN3/c1-16(2)13-21(10-9-20(16)4)17(3,12-19)11-14-5-7-15(18)8-6-14/h5-8H,9-13,19H2,1-4H3. The van der Waals surface area contributed by atoms with Crippen LogP contribution in [0.2, 0.25) is 5.02 Å². The molecule has 1 aromatic carbocycles. The van der Waals surface area contributed by atoms with Crippen molar-refractivity contribution in [2.75, 3.05) is 33.2 Å². The molecule has 1 aliphatic heterocycles. The molecule has 21 heavy (non-hydrogen) atoms. The first-order valence-corrected chi connectivity index (χ1v) is 8.05. The Bertz CT molecular complexity index is 471. The summed E-state index contributed by atoms with van der Waals surface area (Å²) in [6, 6.07) is 8.14. The van der Waals surface area contributed by atoms with Crippen molar-refractivity contribution in [2.24, 2.45) is 5.73 Å². The fraction of sp³-hybridized carbons (Fsp3) is 0.647. The number of benzene rings is 1. The Morgan fingerprint density at radius 3 is 2.38 bits per heavy atom. The summed E-state index contributed by atoms with van der Waals surface area (Å²) < 4.78 is 0. The van der Waals surface area contributed by atoms with Crippen LogP contribution in [0.1, 0.15) is 26.3 Å². The van der Waals surface area contributed by atoms with E-state index in [2.05, 4.69) is 49.8 Å². The van der Waals surface area contributed by atoms with Gasteiger partial charge in [-0.2, -0.15) is 0 Å². The maximum Gasteiger partial charge on any atom is 0.0406 e. The summed E-state index contributed by atoms with van der Waals surface area (Å²) in [7, 11) is 2.20. The number of halogens is 1. The molecule has 1 aliphatic rings. The van der Waals surface area contributed by atoms with E-state index in [-0.39, 0.29) is 11.1 Å². The monoisotopic (exact) mass is 309 g/mol. The Kier molecular flexibility index (Phi) is 4.99. The molecule has 0 aromatic heterocycles. The van der Waals surface area contributed by atoms with Gasteiger partial charge in [-0.15, -0.1) is 0 Å². The lowest BCUT2D eigenvalue weighted by atomic mass is 9.87. The number of likely N-dealkylation sites (N-methyl/N-ethyl adjacent to an activating group) is 1. The lowest BCUT2D eigenvalue weighted by Crippen LogP contribution is -2.65. The maximum absolute atomic E-state index is 6.16. The van der Waals surface area contributed by atoms with Gasteiger partial charge in [0.2, 0.25) is 0 Å². The van der Waals surface area contributed by atoms with E-state index in [0.29, 0.717) is 6.54 Å². The first-order valence-electron chi connectivity index (χ1n) is 7.68. The van der Waals surface area contributed by atoms with Gasteiger partial charge in [0.25, 0.3) is 0 Å². The van der Waals surface area contributed by atoms with Crippen LogP contribution in [0.25, 0.3) is 0 Å². The predicted molar refractivity (Wildman–Crippen MR) is 90.9 cm³/mol. The molecule has 0 amide bonds. The Labute approximate surface area is 134 Å². The average molecular weight is 310 g/mol. The highest BCUT2D eigenvalue weighted by Gasteiger charge is 2.39. The van der Waals surface area contributed by atoms with E-state index in [9.17, 15) is 0 Å². The van der Waals surface area contributed by atoms with Crippen LogP contribution in [0.15, 0.2) is 24.3 Å². The van der Waals surface area contributed by atoms with Crippen molar-refractivity contribution >= 4 is 11.6 Å². The second-order valence-electron chi connectivity index (χ2n) is 7.16. The zero-order valence-corrected chi connectivity index (χ0v) is 14.5. The quantitative estimate of drug-likeness (QED) is 0.928. The number of nitrogens with zero attached hydrogens (tertiary/aromatic N) is 2. The number of hydrogen-bond donors (Lipinski definition) is 1. The molecular formula is C17H28ClN3. The third-order valence-electron chi connectivity index (χ3n) is 5.02. The highest BCUT2D eigenvalue weighted by Crippen LogP contribution is 2.28. The molecule has 1 saturated heterocycles. The third-order valence-corrected chi connectivity index (χ3v) is 5.27. The molecule has 0 radical (unpaired) electrons. The summed E-state index contributed by atoms with van der Waals surface area (Å²) in [6.07, 6.45) is 0.959. The van der Waals surface area contributed by atoms with Gasteiger partial charge in [0.1, 0.15) is 0 Å². The molecule has 3 nitrogen and oxygen atoms in total. The van der Waals surface area contributed by atoms with Crippen molar-refractivity contribution < 1.29 is 0 Å². The SMILES string of the molecule is CN1CCN(C(C)(CN)Cc2ccc(Cl)cc2)CC1(C)C. The highest BCUT2D eigenvalue weighted by molar-refractivity contribution is 6.30. The van der Waals surface area contributed by atoms with Crippen molar-refractivity contribution in [1.82, 2.24) is 9.80 Å². The molecule has 118 valence electrons. The molecule has 1 fully saturated rings. The minimum absolute atomic E-state index is 0.00758. The average Bonchev–Trinajstić information content (AvgIpc) is 2.44. The van der Waals surface area contributed by atoms with E-state index in [0.717, 1.165) is 31.1 Å². The van der Waals surface area contributed by atoms with Gasteiger partial charge in [0, 0.05) is 42.3 Å². The molecule has 1 unspecified atom stereocenters. The Balaban J connectivity index is 2.15. The Morgan fingerprint density at radius 2 is 1.86 bits per heavy atom. The van der Waals surface area contributed by atoms with Crippen LogP contribution >= 0.6 is 11.6 Å². The molecule has 1 atom stereocenters. The minimum atomic E-state index is -0.00758. The summed E-state index contributed by atoms with van der Waals surface area (Å²) >= 11 is 5.98. The molecule has 4 heteroatoms. The lowest BCUT2D eigenvalue weighted by molar-refractivity contribution is -0.0152. The van der Waals surface area contributed by atoms with Crippen LogP contribution < -0.4 is 5.73 Å². The van der Waals surface area contributed by atoms with Gasteiger partial charge >= 0.3 is 0 Å². The second kappa shape index (κ2) is 6.25. The Morgan fingerprint density at radius 1 is 1.24 bits per heavy atom. The van der Waals surface area contributed by atoms with Crippen LogP contribution in [0.4, 0.5) is 0 Å². The van der Waals surface area contributed by atoms with Crippen LogP contribution in [-0.2, 0) is 6.42 Å². The van der Waals surface area contributed by atoms with Crippen LogP contribution in [0, 0.1) is 0 Å². The van der Waals surface area contributed by atoms with Crippen molar-refractivity contribution in [1.29, 1.82) is 0 Å². The second-order valence-corrected chi connectivity index (χ2v) is 7.60. The van der Waals surface area contributed by atoms with Crippen molar-refractivity contribution in [2.45, 2.75) is 38.3 Å². The first-order chi connectivity index (χ1) is 9.77. The molecular weight excluding hydrogens is 282 g/mol. The van der Waals surface area contributed by atoms with Gasteiger partial charge in [-0.3, -0.25) is 9.80 Å². The van der Waals surface area contributed by atoms with Gasteiger partial charge in [-0.1, -0.05) is 23.7 Å². The molecule has 1 aromatic rings. The van der Waals surface area contributed by atoms with Gasteiger partial charge in [-0.25, -0.2) is 0 Å². The minimum Gasteiger partial charge on any atom is -0.329 e. The van der Waals surface area contributed by atoms with Crippen LogP contribution in [-0.4, -0.2) is 54.1 Å². The van der Waals surface area contributed by atoms with Gasteiger partial charge < -0.3 is 5.73 Å². The smallest absolute Gasteiger partial charge is 0.0406 e. The summed E-state index contributed by atoms with van der Waals surface area (Å²) in [5, 5.41) is 0.786. The molecule has 2 N–H and O–H groups in total. The molecule has 0 spiro atoms. The summed E-state index contributed by atoms with van der Waals surface area (Å²) in [6.45, 7) is 10.8. The molecule has 0 bridgehead atoms. The van der Waals surface area contributed by atoms with Crippen molar-refractivity contribution in [3.63, 3.8) is 0 Å². The highest BCUT2D eigenvalue weighted by atomic mass is 35.5. The van der Waals surface area contributed by atoms with Gasteiger partial charge in [0.05, 0.1) is 0 Å². The molecule has 1 heterocycles. The fourth-order valence-electron chi connectivity index (χ4n) is 3.06. The van der Waals surface area contributed by atoms with E-state index in [4.69, 9.17) is 17.3 Å². The molecule has 0 aliphatic carbocycles. The first kappa shape index (κ1) is 16.8. The third kappa shape index (κ3) is 3.78. The molecule has 0 saturated carbocycles. The van der Waals surface area contributed by atoms with Crippen LogP contribution in [0.3, 0.4) is 0 Å². The van der Waals surface area contributed by atoms with E-state index < -0.39 is 0 Å². The largest absolute Gasteiger partial charge is 0.329 e. The van der Waals surface area contributed by atoms with Crippen molar-refractivity contribution in [3.05, 3.63) is 34.9 Å². The summed E-state index contributed by atoms with van der Waals surface area (Å²) in [4.78, 5) is 4.99. The van der Waals surface area contributed by atoms with E-state index >= 15 is 0 Å².